The standard InChI is InChI=1S/C29H45NO2/c1-17-12-25-26(30-16-17)19(3)29(32-25)11-10-28(5)22-7-6-20-13-21(31)8-9-27(20,4)24(22)14-23(28)18(2)15-29/h17,19-20,22,24-26,30H,6-16H2,1-5H3/t17-,19+,20+,22?,24-,25+,26-,27-,28?,29-/m0/s1. The largest absolute Gasteiger partial charge is 0.369 e. The lowest BCUT2D eigenvalue weighted by Gasteiger charge is -2.53. The summed E-state index contributed by atoms with van der Waals surface area (Å²) in [6.45, 7) is 13.6. The molecule has 4 aliphatic carbocycles. The van der Waals surface area contributed by atoms with Gasteiger partial charge in [0, 0.05) is 24.8 Å². The molecule has 5 fully saturated rings. The molecule has 2 heterocycles. The maximum atomic E-state index is 12.2. The van der Waals surface area contributed by atoms with E-state index in [0.717, 1.165) is 50.0 Å². The second-order valence-electron chi connectivity index (χ2n) is 13.6. The second-order valence-corrected chi connectivity index (χ2v) is 13.6. The van der Waals surface area contributed by atoms with Crippen LogP contribution in [0, 0.1) is 40.4 Å². The first-order valence-corrected chi connectivity index (χ1v) is 13.8. The van der Waals surface area contributed by atoms with Gasteiger partial charge in [-0.1, -0.05) is 38.8 Å². The summed E-state index contributed by atoms with van der Waals surface area (Å²) in [5.41, 5.74) is 4.21. The quantitative estimate of drug-likeness (QED) is 0.466. The fourth-order valence-electron chi connectivity index (χ4n) is 10.1. The fourth-order valence-corrected chi connectivity index (χ4v) is 10.1. The summed E-state index contributed by atoms with van der Waals surface area (Å²) < 4.78 is 7.06. The molecule has 3 nitrogen and oxygen atoms in total. The Bertz CT molecular complexity index is 848. The number of ketones is 1. The minimum atomic E-state index is 0.0324. The molecule has 0 aromatic heterocycles. The number of rotatable bonds is 0. The van der Waals surface area contributed by atoms with Crippen LogP contribution in [-0.4, -0.2) is 30.1 Å². The van der Waals surface area contributed by atoms with Gasteiger partial charge in [0.05, 0.1) is 11.7 Å². The molecule has 178 valence electrons. The number of Topliss-reactive ketones (excluding diaryl/α,β-unsaturated/α-hetero) is 1. The molecule has 3 saturated carbocycles. The molecule has 6 aliphatic rings. The molecule has 1 spiro atoms. The molecule has 0 amide bonds. The third-order valence-corrected chi connectivity index (χ3v) is 12.1. The average molecular weight is 440 g/mol. The topological polar surface area (TPSA) is 38.3 Å². The van der Waals surface area contributed by atoms with Gasteiger partial charge in [0.15, 0.2) is 0 Å². The first-order valence-electron chi connectivity index (χ1n) is 13.8. The normalized spacial score (nSPS) is 55.3. The Morgan fingerprint density at radius 3 is 2.66 bits per heavy atom. The van der Waals surface area contributed by atoms with Crippen LogP contribution in [0.4, 0.5) is 0 Å². The Morgan fingerprint density at radius 2 is 1.84 bits per heavy atom. The minimum absolute atomic E-state index is 0.0324. The molecule has 2 aliphatic heterocycles. The zero-order valence-electron chi connectivity index (χ0n) is 21.1. The van der Waals surface area contributed by atoms with Crippen molar-refractivity contribution in [2.45, 2.75) is 117 Å². The molecule has 3 heteroatoms. The van der Waals surface area contributed by atoms with E-state index < -0.39 is 0 Å². The van der Waals surface area contributed by atoms with Crippen LogP contribution in [0.2, 0.25) is 0 Å². The van der Waals surface area contributed by atoms with Crippen LogP contribution >= 0.6 is 0 Å². The predicted octanol–water partition coefficient (Wildman–Crippen LogP) is 6.07. The molecule has 2 saturated heterocycles. The number of ether oxygens (including phenoxy) is 1. The maximum absolute atomic E-state index is 12.2. The highest BCUT2D eigenvalue weighted by Crippen LogP contribution is 2.69. The van der Waals surface area contributed by atoms with E-state index in [1.165, 1.54) is 38.5 Å². The van der Waals surface area contributed by atoms with Crippen LogP contribution in [0.25, 0.3) is 0 Å². The van der Waals surface area contributed by atoms with Gasteiger partial charge < -0.3 is 10.1 Å². The van der Waals surface area contributed by atoms with Crippen LogP contribution in [0.5, 0.6) is 0 Å². The van der Waals surface area contributed by atoms with Crippen LogP contribution in [0.15, 0.2) is 11.1 Å². The molecular formula is C29H45NO2. The molecule has 1 N–H and O–H groups in total. The SMILES string of the molecule is CC1=C2C[C@H]3C(CC[C@@H]4CC(=O)CC[C@@]43C)C2(C)CC[C@@]2(C1)O[C@@H]1C[C@H](C)CN[C@H]1[C@H]2C. The lowest BCUT2D eigenvalue weighted by molar-refractivity contribution is -0.130. The van der Waals surface area contributed by atoms with Crippen LogP contribution < -0.4 is 5.32 Å². The van der Waals surface area contributed by atoms with Crippen LogP contribution in [-0.2, 0) is 9.53 Å². The van der Waals surface area contributed by atoms with Gasteiger partial charge in [-0.2, -0.15) is 0 Å². The number of carbonyl (C=O) groups excluding carboxylic acids is 1. The van der Waals surface area contributed by atoms with Crippen molar-refractivity contribution in [2.75, 3.05) is 6.54 Å². The first kappa shape index (κ1) is 21.8. The van der Waals surface area contributed by atoms with Gasteiger partial charge in [-0.25, -0.2) is 0 Å². The third-order valence-electron chi connectivity index (χ3n) is 12.1. The highest BCUT2D eigenvalue weighted by molar-refractivity contribution is 5.79. The van der Waals surface area contributed by atoms with Crippen molar-refractivity contribution in [1.82, 2.24) is 5.32 Å². The van der Waals surface area contributed by atoms with E-state index in [9.17, 15) is 4.79 Å². The van der Waals surface area contributed by atoms with Crippen LogP contribution in [0.3, 0.4) is 0 Å². The Labute approximate surface area is 195 Å². The van der Waals surface area contributed by atoms with Crippen molar-refractivity contribution in [1.29, 1.82) is 0 Å². The van der Waals surface area contributed by atoms with E-state index in [2.05, 4.69) is 39.9 Å². The summed E-state index contributed by atoms with van der Waals surface area (Å²) in [6, 6.07) is 0.539. The van der Waals surface area contributed by atoms with E-state index in [0.29, 0.717) is 40.6 Å². The molecule has 0 radical (unpaired) electrons. The zero-order valence-corrected chi connectivity index (χ0v) is 21.1. The van der Waals surface area contributed by atoms with Gasteiger partial charge in [-0.15, -0.1) is 0 Å². The number of carbonyl (C=O) groups is 1. The van der Waals surface area contributed by atoms with Gasteiger partial charge in [0.1, 0.15) is 5.78 Å². The van der Waals surface area contributed by atoms with Crippen molar-refractivity contribution in [3.8, 4) is 0 Å². The zero-order chi connectivity index (χ0) is 22.5. The smallest absolute Gasteiger partial charge is 0.133 e. The Hall–Kier alpha value is -0.670. The first-order chi connectivity index (χ1) is 15.2. The summed E-state index contributed by atoms with van der Waals surface area (Å²) in [4.78, 5) is 12.2. The minimum Gasteiger partial charge on any atom is -0.369 e. The summed E-state index contributed by atoms with van der Waals surface area (Å²) in [5.74, 6) is 4.06. The number of piperidine rings is 1. The van der Waals surface area contributed by atoms with Crippen molar-refractivity contribution in [2.24, 2.45) is 40.4 Å². The highest BCUT2D eigenvalue weighted by Gasteiger charge is 2.62. The van der Waals surface area contributed by atoms with E-state index in [4.69, 9.17) is 4.74 Å². The number of nitrogens with one attached hydrogen (secondary N) is 1. The Balaban J connectivity index is 1.32. The van der Waals surface area contributed by atoms with Crippen LogP contribution in [0.1, 0.15) is 98.8 Å². The Morgan fingerprint density at radius 1 is 1.03 bits per heavy atom. The molecule has 2 unspecified atom stereocenters. The molecule has 6 rings (SSSR count). The molecule has 32 heavy (non-hydrogen) atoms. The molecule has 0 bridgehead atoms. The summed E-state index contributed by atoms with van der Waals surface area (Å²) in [5, 5.41) is 3.86. The fraction of sp³-hybridized carbons (Fsp3) is 0.897. The Kier molecular flexibility index (Phi) is 4.89. The molecule has 0 aromatic rings. The monoisotopic (exact) mass is 439 g/mol. The summed E-state index contributed by atoms with van der Waals surface area (Å²) in [7, 11) is 0. The number of fused-ring (bicyclic) bond motifs is 6. The van der Waals surface area contributed by atoms with Gasteiger partial charge in [0.2, 0.25) is 0 Å². The van der Waals surface area contributed by atoms with E-state index in [1.54, 1.807) is 11.1 Å². The molecule has 10 atom stereocenters. The summed E-state index contributed by atoms with van der Waals surface area (Å²) in [6.07, 6.45) is 12.0. The van der Waals surface area contributed by atoms with Crippen molar-refractivity contribution >= 4 is 5.78 Å². The van der Waals surface area contributed by atoms with E-state index in [-0.39, 0.29) is 5.60 Å². The molecule has 0 aromatic carbocycles. The highest BCUT2D eigenvalue weighted by atomic mass is 16.5. The lowest BCUT2D eigenvalue weighted by atomic mass is 9.51. The van der Waals surface area contributed by atoms with Gasteiger partial charge >= 0.3 is 0 Å². The maximum Gasteiger partial charge on any atom is 0.133 e. The van der Waals surface area contributed by atoms with Gasteiger partial charge in [0.25, 0.3) is 0 Å². The summed E-state index contributed by atoms with van der Waals surface area (Å²) >= 11 is 0. The lowest BCUT2D eigenvalue weighted by Crippen LogP contribution is -2.49. The van der Waals surface area contributed by atoms with Gasteiger partial charge in [-0.3, -0.25) is 4.79 Å². The molecular weight excluding hydrogens is 394 g/mol. The predicted molar refractivity (Wildman–Crippen MR) is 128 cm³/mol. The van der Waals surface area contributed by atoms with E-state index in [1.807, 2.05) is 0 Å². The third kappa shape index (κ3) is 2.88. The number of hydrogen-bond acceptors (Lipinski definition) is 3. The number of hydrogen-bond donors (Lipinski definition) is 1. The van der Waals surface area contributed by atoms with Crippen molar-refractivity contribution in [3.63, 3.8) is 0 Å². The number of allylic oxidation sites excluding steroid dienone is 1. The second kappa shape index (κ2) is 7.17. The van der Waals surface area contributed by atoms with Crippen molar-refractivity contribution < 1.29 is 9.53 Å². The average Bonchev–Trinajstić information content (AvgIpc) is 3.16. The van der Waals surface area contributed by atoms with E-state index >= 15 is 0 Å². The van der Waals surface area contributed by atoms with Gasteiger partial charge in [-0.05, 0) is 99.3 Å². The van der Waals surface area contributed by atoms with Crippen molar-refractivity contribution in [3.05, 3.63) is 11.1 Å².